The van der Waals surface area contributed by atoms with Crippen molar-refractivity contribution < 1.29 is 9.90 Å². The highest BCUT2D eigenvalue weighted by Crippen LogP contribution is 2.18. The summed E-state index contributed by atoms with van der Waals surface area (Å²) in [5, 5.41) is 11.8. The number of aromatic nitrogens is 1. The molecule has 1 aromatic heterocycles. The van der Waals surface area contributed by atoms with Crippen molar-refractivity contribution in [1.29, 1.82) is 0 Å². The van der Waals surface area contributed by atoms with Crippen LogP contribution in [0.1, 0.15) is 12.1 Å². The van der Waals surface area contributed by atoms with Gasteiger partial charge >= 0.3 is 5.97 Å². The van der Waals surface area contributed by atoms with E-state index in [0.717, 1.165) is 18.7 Å². The molecular weight excluding hydrogens is 263 g/mol. The molecule has 96 valence electrons. The number of carboxylic acids is 1. The molecule has 2 atom stereocenters. The summed E-state index contributed by atoms with van der Waals surface area (Å²) >= 11 is 0. The van der Waals surface area contributed by atoms with Crippen LogP contribution < -0.4 is 5.32 Å². The standard InChI is InChI=1S/C11H14N2O2.2ClH/c14-11(15)10-6-8(7-13-10)5-9-3-1-2-4-12-9;;/h1-4,8,10,13H,5-7H2,(H,14,15);2*1H/t8-,10+;;/m1../s1. The number of hydrogen-bond donors (Lipinski definition) is 2. The number of halogens is 2. The molecule has 1 fully saturated rings. The zero-order valence-corrected chi connectivity index (χ0v) is 10.8. The molecule has 0 bridgehead atoms. The summed E-state index contributed by atoms with van der Waals surface area (Å²) in [5.74, 6) is -0.362. The van der Waals surface area contributed by atoms with E-state index in [0.29, 0.717) is 12.3 Å². The molecule has 6 heteroatoms. The first-order valence-corrected chi connectivity index (χ1v) is 5.12. The molecule has 1 aliphatic heterocycles. The quantitative estimate of drug-likeness (QED) is 0.880. The molecule has 4 nitrogen and oxygen atoms in total. The van der Waals surface area contributed by atoms with Crippen LogP contribution >= 0.6 is 24.8 Å². The number of hydrogen-bond acceptors (Lipinski definition) is 3. The topological polar surface area (TPSA) is 62.2 Å². The lowest BCUT2D eigenvalue weighted by molar-refractivity contribution is -0.139. The van der Waals surface area contributed by atoms with E-state index >= 15 is 0 Å². The summed E-state index contributed by atoms with van der Waals surface area (Å²) in [7, 11) is 0. The molecule has 0 saturated carbocycles. The summed E-state index contributed by atoms with van der Waals surface area (Å²) in [6.45, 7) is 0.771. The predicted octanol–water partition coefficient (Wildman–Crippen LogP) is 1.53. The average Bonchev–Trinajstić information content (AvgIpc) is 2.68. The number of aliphatic carboxylic acids is 1. The van der Waals surface area contributed by atoms with Crippen LogP contribution in [0, 0.1) is 5.92 Å². The van der Waals surface area contributed by atoms with Gasteiger partial charge in [-0.25, -0.2) is 0 Å². The number of carbonyl (C=O) groups is 1. The van der Waals surface area contributed by atoms with Crippen LogP contribution in [-0.4, -0.2) is 28.6 Å². The van der Waals surface area contributed by atoms with Crippen LogP contribution in [0.5, 0.6) is 0 Å². The van der Waals surface area contributed by atoms with E-state index in [1.54, 1.807) is 6.20 Å². The normalized spacial score (nSPS) is 22.4. The average molecular weight is 279 g/mol. The molecule has 2 heterocycles. The van der Waals surface area contributed by atoms with Gasteiger partial charge in [-0.15, -0.1) is 24.8 Å². The lowest BCUT2D eigenvalue weighted by Gasteiger charge is -2.06. The molecule has 0 aliphatic carbocycles. The molecule has 1 aliphatic rings. The second-order valence-corrected chi connectivity index (χ2v) is 3.93. The minimum Gasteiger partial charge on any atom is -0.480 e. The molecule has 0 spiro atoms. The van der Waals surface area contributed by atoms with Crippen molar-refractivity contribution >= 4 is 30.8 Å². The Morgan fingerprint density at radius 3 is 2.76 bits per heavy atom. The number of rotatable bonds is 3. The lowest BCUT2D eigenvalue weighted by atomic mass is 9.99. The Bertz CT molecular complexity index is 349. The first-order valence-electron chi connectivity index (χ1n) is 5.12. The summed E-state index contributed by atoms with van der Waals surface area (Å²) in [6.07, 6.45) is 3.33. The molecule has 2 N–H and O–H groups in total. The Hall–Kier alpha value is -0.840. The Kier molecular flexibility index (Phi) is 7.11. The summed E-state index contributed by atoms with van der Waals surface area (Å²) < 4.78 is 0. The zero-order chi connectivity index (χ0) is 10.7. The Morgan fingerprint density at radius 1 is 1.47 bits per heavy atom. The largest absolute Gasteiger partial charge is 0.480 e. The maximum absolute atomic E-state index is 10.7. The summed E-state index contributed by atoms with van der Waals surface area (Å²) in [4.78, 5) is 15.0. The van der Waals surface area contributed by atoms with Gasteiger partial charge in [-0.05, 0) is 37.4 Å². The van der Waals surface area contributed by atoms with E-state index in [2.05, 4.69) is 10.3 Å². The monoisotopic (exact) mass is 278 g/mol. The fourth-order valence-electron chi connectivity index (χ4n) is 1.97. The van der Waals surface area contributed by atoms with Gasteiger partial charge in [0.05, 0.1) is 0 Å². The van der Waals surface area contributed by atoms with Gasteiger partial charge in [-0.1, -0.05) is 6.07 Å². The van der Waals surface area contributed by atoms with Crippen molar-refractivity contribution in [3.63, 3.8) is 0 Å². The molecule has 1 aromatic rings. The fraction of sp³-hybridized carbons (Fsp3) is 0.455. The SMILES string of the molecule is Cl.Cl.O=C(O)[C@@H]1C[C@@H](Cc2ccccn2)CN1. The van der Waals surface area contributed by atoms with Crippen molar-refractivity contribution in [2.45, 2.75) is 18.9 Å². The van der Waals surface area contributed by atoms with Gasteiger partial charge in [0.25, 0.3) is 0 Å². The second-order valence-electron chi connectivity index (χ2n) is 3.93. The van der Waals surface area contributed by atoms with Crippen LogP contribution in [0.15, 0.2) is 24.4 Å². The highest BCUT2D eigenvalue weighted by molar-refractivity contribution is 5.85. The van der Waals surface area contributed by atoms with Gasteiger partial charge in [-0.2, -0.15) is 0 Å². The number of nitrogens with zero attached hydrogens (tertiary/aromatic N) is 1. The minimum atomic E-state index is -0.751. The molecule has 2 rings (SSSR count). The first kappa shape index (κ1) is 16.2. The van der Waals surface area contributed by atoms with Crippen molar-refractivity contribution in [1.82, 2.24) is 10.3 Å². The van der Waals surface area contributed by atoms with Gasteiger partial charge < -0.3 is 10.4 Å². The molecule has 1 saturated heterocycles. The van der Waals surface area contributed by atoms with Crippen molar-refractivity contribution in [2.24, 2.45) is 5.92 Å². The minimum absolute atomic E-state index is 0. The zero-order valence-electron chi connectivity index (χ0n) is 9.20. The Morgan fingerprint density at radius 2 is 2.24 bits per heavy atom. The third-order valence-electron chi connectivity index (χ3n) is 2.74. The molecule has 17 heavy (non-hydrogen) atoms. The van der Waals surface area contributed by atoms with Gasteiger partial charge in [-0.3, -0.25) is 9.78 Å². The third-order valence-corrected chi connectivity index (χ3v) is 2.74. The number of nitrogens with one attached hydrogen (secondary N) is 1. The lowest BCUT2D eigenvalue weighted by Crippen LogP contribution is -2.29. The maximum Gasteiger partial charge on any atom is 0.320 e. The second kappa shape index (κ2) is 7.48. The maximum atomic E-state index is 10.7. The van der Waals surface area contributed by atoms with Gasteiger partial charge in [0, 0.05) is 11.9 Å². The van der Waals surface area contributed by atoms with Gasteiger partial charge in [0.15, 0.2) is 0 Å². The van der Waals surface area contributed by atoms with Crippen LogP contribution in [0.4, 0.5) is 0 Å². The van der Waals surface area contributed by atoms with Crippen LogP contribution in [0.3, 0.4) is 0 Å². The molecule has 0 amide bonds. The molecular formula is C11H16Cl2N2O2. The highest BCUT2D eigenvalue weighted by atomic mass is 35.5. The van der Waals surface area contributed by atoms with Crippen molar-refractivity contribution in [3.8, 4) is 0 Å². The van der Waals surface area contributed by atoms with Crippen molar-refractivity contribution in [2.75, 3.05) is 6.54 Å². The Balaban J connectivity index is 0.00000128. The molecule has 0 aromatic carbocycles. The van der Waals surface area contributed by atoms with E-state index in [9.17, 15) is 4.79 Å². The van der Waals surface area contributed by atoms with Crippen LogP contribution in [0.2, 0.25) is 0 Å². The number of carboxylic acid groups (broad SMARTS) is 1. The van der Waals surface area contributed by atoms with Crippen LogP contribution in [-0.2, 0) is 11.2 Å². The van der Waals surface area contributed by atoms with E-state index in [-0.39, 0.29) is 30.9 Å². The van der Waals surface area contributed by atoms with Gasteiger partial charge in [0.1, 0.15) is 6.04 Å². The Labute approximate surface area is 113 Å². The van der Waals surface area contributed by atoms with Gasteiger partial charge in [0.2, 0.25) is 0 Å². The predicted molar refractivity (Wildman–Crippen MR) is 70.0 cm³/mol. The number of pyridine rings is 1. The van der Waals surface area contributed by atoms with Crippen molar-refractivity contribution in [3.05, 3.63) is 30.1 Å². The summed E-state index contributed by atoms with van der Waals surface area (Å²) in [6, 6.07) is 5.45. The van der Waals surface area contributed by atoms with Crippen LogP contribution in [0.25, 0.3) is 0 Å². The van der Waals surface area contributed by atoms with E-state index < -0.39 is 5.97 Å². The van der Waals surface area contributed by atoms with E-state index in [1.165, 1.54) is 0 Å². The van der Waals surface area contributed by atoms with E-state index in [1.807, 2.05) is 18.2 Å². The molecule has 0 radical (unpaired) electrons. The summed E-state index contributed by atoms with van der Waals surface area (Å²) in [5.41, 5.74) is 1.04. The highest BCUT2D eigenvalue weighted by Gasteiger charge is 2.29. The first-order chi connectivity index (χ1) is 7.25. The molecule has 0 unspecified atom stereocenters. The third kappa shape index (κ3) is 4.50. The van der Waals surface area contributed by atoms with E-state index in [4.69, 9.17) is 5.11 Å². The fourth-order valence-corrected chi connectivity index (χ4v) is 1.97. The smallest absolute Gasteiger partial charge is 0.320 e.